The molecule has 0 saturated carbocycles. The zero-order chi connectivity index (χ0) is 12.0. The summed E-state index contributed by atoms with van der Waals surface area (Å²) >= 11 is 1.61. The molecular formula is C11H20N2O2S. The molecule has 0 aliphatic carbocycles. The molecule has 1 rings (SSSR count). The van der Waals surface area contributed by atoms with Gasteiger partial charge in [-0.1, -0.05) is 0 Å². The van der Waals surface area contributed by atoms with Crippen LogP contribution >= 0.6 is 11.3 Å². The average Bonchev–Trinajstić information content (AvgIpc) is 2.64. The van der Waals surface area contributed by atoms with Crippen molar-refractivity contribution in [3.05, 3.63) is 16.1 Å². The molecule has 2 N–H and O–H groups in total. The van der Waals surface area contributed by atoms with Crippen molar-refractivity contribution in [2.45, 2.75) is 39.0 Å². The summed E-state index contributed by atoms with van der Waals surface area (Å²) in [7, 11) is 1.67. The van der Waals surface area contributed by atoms with Crippen LogP contribution in [-0.2, 0) is 17.9 Å². The number of hydrogen-bond acceptors (Lipinski definition) is 5. The number of rotatable bonds is 7. The first-order chi connectivity index (χ1) is 7.57. The van der Waals surface area contributed by atoms with Crippen LogP contribution in [0.25, 0.3) is 0 Å². The maximum Gasteiger partial charge on any atom is 0.119 e. The number of ether oxygens (including phenoxy) is 1. The Kier molecular flexibility index (Phi) is 5.34. The van der Waals surface area contributed by atoms with Crippen molar-refractivity contribution in [2.75, 3.05) is 13.7 Å². The fourth-order valence-corrected chi connectivity index (χ4v) is 2.08. The Bertz CT molecular complexity index is 313. The molecule has 0 unspecified atom stereocenters. The van der Waals surface area contributed by atoms with Gasteiger partial charge in [0.15, 0.2) is 0 Å². The SMILES string of the molecule is COCc1nc(CNC(C)(C)CCO)cs1. The highest BCUT2D eigenvalue weighted by Crippen LogP contribution is 2.13. The van der Waals surface area contributed by atoms with Crippen LogP contribution in [0.15, 0.2) is 5.38 Å². The van der Waals surface area contributed by atoms with Crippen molar-refractivity contribution in [2.24, 2.45) is 0 Å². The number of methoxy groups -OCH3 is 1. The van der Waals surface area contributed by atoms with Crippen LogP contribution < -0.4 is 5.32 Å². The van der Waals surface area contributed by atoms with Crippen LogP contribution in [-0.4, -0.2) is 29.3 Å². The predicted octanol–water partition coefficient (Wildman–Crippen LogP) is 1.54. The van der Waals surface area contributed by atoms with Crippen molar-refractivity contribution in [3.8, 4) is 0 Å². The first-order valence-electron chi connectivity index (χ1n) is 5.35. The molecule has 92 valence electrons. The third-order valence-electron chi connectivity index (χ3n) is 2.35. The second-order valence-electron chi connectivity index (χ2n) is 4.38. The summed E-state index contributed by atoms with van der Waals surface area (Å²) in [5.74, 6) is 0. The lowest BCUT2D eigenvalue weighted by Crippen LogP contribution is -2.39. The van der Waals surface area contributed by atoms with Crippen LogP contribution in [0.1, 0.15) is 31.0 Å². The van der Waals surface area contributed by atoms with E-state index in [1.165, 1.54) is 0 Å². The lowest BCUT2D eigenvalue weighted by Gasteiger charge is -2.24. The molecule has 0 aliphatic rings. The lowest BCUT2D eigenvalue weighted by molar-refractivity contribution is 0.184. The van der Waals surface area contributed by atoms with Crippen molar-refractivity contribution in [1.82, 2.24) is 10.3 Å². The van der Waals surface area contributed by atoms with Crippen LogP contribution in [0, 0.1) is 0 Å². The number of hydrogen-bond donors (Lipinski definition) is 2. The van der Waals surface area contributed by atoms with Crippen molar-refractivity contribution < 1.29 is 9.84 Å². The standard InChI is InChI=1S/C11H20N2O2S/c1-11(2,4-5-14)12-6-9-8-16-10(13-9)7-15-3/h8,12,14H,4-7H2,1-3H3. The summed E-state index contributed by atoms with van der Waals surface area (Å²) in [6.45, 7) is 5.65. The second kappa shape index (κ2) is 6.30. The molecule has 0 fully saturated rings. The molecule has 1 heterocycles. The number of aliphatic hydroxyl groups is 1. The summed E-state index contributed by atoms with van der Waals surface area (Å²) in [4.78, 5) is 4.43. The Hall–Kier alpha value is -0.490. The van der Waals surface area contributed by atoms with Gasteiger partial charge >= 0.3 is 0 Å². The zero-order valence-electron chi connectivity index (χ0n) is 10.1. The van der Waals surface area contributed by atoms with Gasteiger partial charge in [-0.25, -0.2) is 4.98 Å². The summed E-state index contributed by atoms with van der Waals surface area (Å²) in [5, 5.41) is 15.3. The highest BCUT2D eigenvalue weighted by molar-refractivity contribution is 7.09. The highest BCUT2D eigenvalue weighted by atomic mass is 32.1. The van der Waals surface area contributed by atoms with E-state index in [2.05, 4.69) is 24.1 Å². The topological polar surface area (TPSA) is 54.4 Å². The van der Waals surface area contributed by atoms with Gasteiger partial charge in [0.25, 0.3) is 0 Å². The molecule has 0 spiro atoms. The Labute approximate surface area is 101 Å². The molecule has 5 heteroatoms. The quantitative estimate of drug-likeness (QED) is 0.764. The van der Waals surface area contributed by atoms with E-state index in [0.29, 0.717) is 6.61 Å². The predicted molar refractivity (Wildman–Crippen MR) is 65.4 cm³/mol. The Morgan fingerprint density at radius 3 is 2.94 bits per heavy atom. The minimum Gasteiger partial charge on any atom is -0.396 e. The Morgan fingerprint density at radius 1 is 1.56 bits per heavy atom. The molecule has 0 aliphatic heterocycles. The van der Waals surface area contributed by atoms with E-state index < -0.39 is 0 Å². The van der Waals surface area contributed by atoms with Gasteiger partial charge in [-0.05, 0) is 20.3 Å². The van der Waals surface area contributed by atoms with Crippen molar-refractivity contribution in [3.63, 3.8) is 0 Å². The van der Waals surface area contributed by atoms with Crippen molar-refractivity contribution in [1.29, 1.82) is 0 Å². The van der Waals surface area contributed by atoms with Gasteiger partial charge in [0.05, 0.1) is 12.3 Å². The molecule has 0 atom stereocenters. The molecule has 0 amide bonds. The van der Waals surface area contributed by atoms with Gasteiger partial charge in [-0.2, -0.15) is 0 Å². The van der Waals surface area contributed by atoms with Gasteiger partial charge in [0, 0.05) is 31.2 Å². The fourth-order valence-electron chi connectivity index (χ4n) is 1.32. The number of nitrogens with one attached hydrogen (secondary N) is 1. The normalized spacial score (nSPS) is 12.0. The van der Waals surface area contributed by atoms with Gasteiger partial charge in [-0.15, -0.1) is 11.3 Å². The van der Waals surface area contributed by atoms with E-state index in [4.69, 9.17) is 9.84 Å². The van der Waals surface area contributed by atoms with Gasteiger partial charge in [0.2, 0.25) is 0 Å². The molecule has 0 radical (unpaired) electrons. The average molecular weight is 244 g/mol. The van der Waals surface area contributed by atoms with Gasteiger partial charge < -0.3 is 15.2 Å². The third-order valence-corrected chi connectivity index (χ3v) is 3.22. The second-order valence-corrected chi connectivity index (χ2v) is 5.32. The summed E-state index contributed by atoms with van der Waals surface area (Å²) < 4.78 is 5.02. The fraction of sp³-hybridized carbons (Fsp3) is 0.727. The maximum atomic E-state index is 8.90. The molecule has 1 aromatic rings. The molecule has 0 bridgehead atoms. The van der Waals surface area contributed by atoms with Crippen LogP contribution in [0.4, 0.5) is 0 Å². The third kappa shape index (κ3) is 4.57. The van der Waals surface area contributed by atoms with Crippen molar-refractivity contribution >= 4 is 11.3 Å². The van der Waals surface area contributed by atoms with Gasteiger partial charge in [0.1, 0.15) is 5.01 Å². The number of thiazole rings is 1. The number of aromatic nitrogens is 1. The largest absolute Gasteiger partial charge is 0.396 e. The first kappa shape index (κ1) is 13.6. The Morgan fingerprint density at radius 2 is 2.31 bits per heavy atom. The van der Waals surface area contributed by atoms with E-state index in [9.17, 15) is 0 Å². The van der Waals surface area contributed by atoms with E-state index in [0.717, 1.165) is 23.7 Å². The molecule has 0 aromatic carbocycles. The summed E-state index contributed by atoms with van der Waals surface area (Å²) in [5.41, 5.74) is 0.975. The highest BCUT2D eigenvalue weighted by Gasteiger charge is 2.16. The van der Waals surface area contributed by atoms with Crippen LogP contribution in [0.2, 0.25) is 0 Å². The summed E-state index contributed by atoms with van der Waals surface area (Å²) in [6.07, 6.45) is 0.738. The number of aliphatic hydroxyl groups excluding tert-OH is 1. The molecule has 0 saturated heterocycles. The summed E-state index contributed by atoms with van der Waals surface area (Å²) in [6, 6.07) is 0. The van der Waals surface area contributed by atoms with Crippen LogP contribution in [0.3, 0.4) is 0 Å². The molecule has 4 nitrogen and oxygen atoms in total. The molecule has 16 heavy (non-hydrogen) atoms. The monoisotopic (exact) mass is 244 g/mol. The smallest absolute Gasteiger partial charge is 0.119 e. The van der Waals surface area contributed by atoms with E-state index in [1.807, 2.05) is 5.38 Å². The zero-order valence-corrected chi connectivity index (χ0v) is 10.9. The van der Waals surface area contributed by atoms with E-state index in [1.54, 1.807) is 18.4 Å². The minimum atomic E-state index is -0.0558. The lowest BCUT2D eigenvalue weighted by atomic mass is 10.0. The van der Waals surface area contributed by atoms with E-state index >= 15 is 0 Å². The number of nitrogens with zero attached hydrogens (tertiary/aromatic N) is 1. The van der Waals surface area contributed by atoms with Gasteiger partial charge in [-0.3, -0.25) is 0 Å². The van der Waals surface area contributed by atoms with Crippen LogP contribution in [0.5, 0.6) is 0 Å². The Balaban J connectivity index is 2.41. The maximum absolute atomic E-state index is 8.90. The van der Waals surface area contributed by atoms with E-state index in [-0.39, 0.29) is 12.1 Å². The minimum absolute atomic E-state index is 0.0558. The molecular weight excluding hydrogens is 224 g/mol. The molecule has 1 aromatic heterocycles. The first-order valence-corrected chi connectivity index (χ1v) is 6.23.